The highest BCUT2D eigenvalue weighted by molar-refractivity contribution is 5.94. The van der Waals surface area contributed by atoms with Gasteiger partial charge < -0.3 is 24.3 Å². The maximum Gasteiger partial charge on any atom is 0.317 e. The lowest BCUT2D eigenvalue weighted by atomic mass is 9.78. The summed E-state index contributed by atoms with van der Waals surface area (Å²) in [5.74, 6) is 0.636. The van der Waals surface area contributed by atoms with Crippen molar-refractivity contribution in [3.8, 4) is 11.5 Å². The molecule has 5 rings (SSSR count). The van der Waals surface area contributed by atoms with Gasteiger partial charge >= 0.3 is 5.97 Å². The summed E-state index contributed by atoms with van der Waals surface area (Å²) in [5, 5.41) is 2.83. The summed E-state index contributed by atoms with van der Waals surface area (Å²) in [6.45, 7) is 4.94. The van der Waals surface area contributed by atoms with Crippen LogP contribution >= 0.6 is 0 Å². The third kappa shape index (κ3) is 5.44. The van der Waals surface area contributed by atoms with E-state index in [1.165, 1.54) is 5.56 Å². The van der Waals surface area contributed by atoms with Crippen molar-refractivity contribution < 1.29 is 28.5 Å². The van der Waals surface area contributed by atoms with Crippen molar-refractivity contribution in [2.75, 3.05) is 51.4 Å². The highest BCUT2D eigenvalue weighted by Gasteiger charge is 2.45. The largest absolute Gasteiger partial charge is 0.486 e. The Morgan fingerprint density at radius 2 is 1.63 bits per heavy atom. The summed E-state index contributed by atoms with van der Waals surface area (Å²) >= 11 is 0. The Bertz CT molecular complexity index is 1040. The number of anilines is 1. The molecule has 8 heteroatoms. The van der Waals surface area contributed by atoms with Gasteiger partial charge in [-0.2, -0.15) is 0 Å². The van der Waals surface area contributed by atoms with Crippen LogP contribution in [0.15, 0.2) is 42.5 Å². The molecule has 2 aromatic rings. The molecule has 0 spiro atoms. The van der Waals surface area contributed by atoms with Crippen molar-refractivity contribution in [3.63, 3.8) is 0 Å². The van der Waals surface area contributed by atoms with Gasteiger partial charge in [0, 0.05) is 25.3 Å². The van der Waals surface area contributed by atoms with Crippen LogP contribution in [0, 0.1) is 0 Å². The molecule has 2 aromatic carbocycles. The Morgan fingerprint density at radius 1 is 0.914 bits per heavy atom. The van der Waals surface area contributed by atoms with E-state index in [2.05, 4.69) is 10.2 Å². The normalized spacial score (nSPS) is 19.2. The van der Waals surface area contributed by atoms with Gasteiger partial charge in [0.1, 0.15) is 13.2 Å². The molecule has 1 saturated heterocycles. The minimum Gasteiger partial charge on any atom is -0.486 e. The SMILES string of the molecule is O=C(COC(=O)C1(c2ccc3c(c2)OCCO3)CCCC1)Nc1ccc(CN2CCOCC2)cc1. The quantitative estimate of drug-likeness (QED) is 0.609. The highest BCUT2D eigenvalue weighted by atomic mass is 16.6. The number of fused-ring (bicyclic) bond motifs is 1. The second-order valence-electron chi connectivity index (χ2n) is 9.36. The van der Waals surface area contributed by atoms with Crippen molar-refractivity contribution in [1.29, 1.82) is 0 Å². The average molecular weight is 481 g/mol. The number of rotatable bonds is 7. The monoisotopic (exact) mass is 480 g/mol. The van der Waals surface area contributed by atoms with E-state index < -0.39 is 5.41 Å². The first kappa shape index (κ1) is 23.6. The highest BCUT2D eigenvalue weighted by Crippen LogP contribution is 2.45. The Labute approximate surface area is 205 Å². The Kier molecular flexibility index (Phi) is 7.20. The molecule has 1 saturated carbocycles. The molecule has 1 N–H and O–H groups in total. The number of hydrogen-bond donors (Lipinski definition) is 1. The topological polar surface area (TPSA) is 86.3 Å². The Hall–Kier alpha value is -3.10. The zero-order valence-corrected chi connectivity index (χ0v) is 19.9. The third-order valence-electron chi connectivity index (χ3n) is 7.02. The van der Waals surface area contributed by atoms with Gasteiger partial charge in [0.25, 0.3) is 5.91 Å². The smallest absolute Gasteiger partial charge is 0.317 e. The van der Waals surface area contributed by atoms with E-state index in [0.29, 0.717) is 43.2 Å². The molecule has 0 aromatic heterocycles. The van der Waals surface area contributed by atoms with Crippen molar-refractivity contribution in [3.05, 3.63) is 53.6 Å². The van der Waals surface area contributed by atoms with Crippen molar-refractivity contribution in [1.82, 2.24) is 4.90 Å². The minimum atomic E-state index is -0.753. The van der Waals surface area contributed by atoms with Crippen LogP contribution in [0.1, 0.15) is 36.8 Å². The number of carbonyl (C=O) groups is 2. The average Bonchev–Trinajstić information content (AvgIpc) is 3.40. The summed E-state index contributed by atoms with van der Waals surface area (Å²) in [6.07, 6.45) is 3.26. The van der Waals surface area contributed by atoms with E-state index in [4.69, 9.17) is 18.9 Å². The van der Waals surface area contributed by atoms with Crippen LogP contribution in [0.5, 0.6) is 11.5 Å². The van der Waals surface area contributed by atoms with Crippen LogP contribution in [0.4, 0.5) is 5.69 Å². The lowest BCUT2D eigenvalue weighted by Gasteiger charge is -2.28. The molecule has 1 aliphatic carbocycles. The van der Waals surface area contributed by atoms with Crippen LogP contribution in [0.2, 0.25) is 0 Å². The van der Waals surface area contributed by atoms with Gasteiger partial charge in [-0.25, -0.2) is 0 Å². The van der Waals surface area contributed by atoms with Gasteiger partial charge in [0.15, 0.2) is 18.1 Å². The first-order chi connectivity index (χ1) is 17.1. The van der Waals surface area contributed by atoms with Crippen molar-refractivity contribution >= 4 is 17.6 Å². The summed E-state index contributed by atoms with van der Waals surface area (Å²) in [7, 11) is 0. The van der Waals surface area contributed by atoms with Crippen LogP contribution in [-0.4, -0.2) is 62.9 Å². The summed E-state index contributed by atoms with van der Waals surface area (Å²) in [4.78, 5) is 28.1. The van der Waals surface area contributed by atoms with Crippen molar-refractivity contribution in [2.45, 2.75) is 37.6 Å². The zero-order valence-electron chi connectivity index (χ0n) is 19.9. The number of hydrogen-bond acceptors (Lipinski definition) is 7. The van der Waals surface area contributed by atoms with E-state index in [9.17, 15) is 9.59 Å². The number of amides is 1. The van der Waals surface area contributed by atoms with Gasteiger partial charge in [-0.1, -0.05) is 31.0 Å². The van der Waals surface area contributed by atoms with Gasteiger partial charge in [-0.15, -0.1) is 0 Å². The van der Waals surface area contributed by atoms with Gasteiger partial charge in [-0.3, -0.25) is 14.5 Å². The van der Waals surface area contributed by atoms with E-state index in [1.807, 2.05) is 42.5 Å². The first-order valence-electron chi connectivity index (χ1n) is 12.4. The maximum atomic E-state index is 13.2. The molecular weight excluding hydrogens is 448 g/mol. The summed E-state index contributed by atoms with van der Waals surface area (Å²) < 4.78 is 22.3. The van der Waals surface area contributed by atoms with E-state index in [1.54, 1.807) is 0 Å². The Morgan fingerprint density at radius 3 is 2.37 bits per heavy atom. The molecule has 0 atom stereocenters. The van der Waals surface area contributed by atoms with Gasteiger partial charge in [-0.05, 0) is 48.2 Å². The molecule has 35 heavy (non-hydrogen) atoms. The number of nitrogens with one attached hydrogen (secondary N) is 1. The molecule has 3 aliphatic rings. The van der Waals surface area contributed by atoms with E-state index >= 15 is 0 Å². The van der Waals surface area contributed by atoms with Crippen LogP contribution in [0.3, 0.4) is 0 Å². The number of carbonyl (C=O) groups excluding carboxylic acids is 2. The fourth-order valence-corrected chi connectivity index (χ4v) is 5.11. The molecule has 186 valence electrons. The zero-order chi connectivity index (χ0) is 24.1. The number of benzene rings is 2. The lowest BCUT2D eigenvalue weighted by Crippen LogP contribution is -2.36. The molecule has 2 aliphatic heterocycles. The Balaban J connectivity index is 1.17. The third-order valence-corrected chi connectivity index (χ3v) is 7.02. The fraction of sp³-hybridized carbons (Fsp3) is 0.481. The molecule has 0 bridgehead atoms. The maximum absolute atomic E-state index is 13.2. The second-order valence-corrected chi connectivity index (χ2v) is 9.36. The van der Waals surface area contributed by atoms with Gasteiger partial charge in [0.05, 0.1) is 18.6 Å². The molecule has 2 fully saturated rings. The molecule has 2 heterocycles. The first-order valence-corrected chi connectivity index (χ1v) is 12.4. The number of nitrogens with zero attached hydrogens (tertiary/aromatic N) is 1. The minimum absolute atomic E-state index is 0.319. The number of morpholine rings is 1. The molecular formula is C27H32N2O6. The van der Waals surface area contributed by atoms with Crippen LogP contribution in [0.25, 0.3) is 0 Å². The van der Waals surface area contributed by atoms with Crippen LogP contribution < -0.4 is 14.8 Å². The lowest BCUT2D eigenvalue weighted by molar-refractivity contribution is -0.153. The molecule has 1 amide bonds. The molecule has 0 radical (unpaired) electrons. The van der Waals surface area contributed by atoms with E-state index in [-0.39, 0.29) is 18.5 Å². The number of esters is 1. The fourth-order valence-electron chi connectivity index (χ4n) is 5.11. The van der Waals surface area contributed by atoms with E-state index in [0.717, 1.165) is 51.3 Å². The van der Waals surface area contributed by atoms with Gasteiger partial charge in [0.2, 0.25) is 0 Å². The predicted octanol–water partition coefficient (Wildman–Crippen LogP) is 3.28. The van der Waals surface area contributed by atoms with Crippen LogP contribution in [-0.2, 0) is 31.0 Å². The molecule has 0 unspecified atom stereocenters. The molecule has 8 nitrogen and oxygen atoms in total. The summed E-state index contributed by atoms with van der Waals surface area (Å²) in [5.41, 5.74) is 1.97. The second kappa shape index (κ2) is 10.7. The number of ether oxygens (including phenoxy) is 4. The standard InChI is InChI=1S/C27H32N2O6/c30-25(28-22-6-3-20(4-7-22)18-29-11-13-32-14-12-29)19-35-26(31)27(9-1-2-10-27)21-5-8-23-24(17-21)34-16-15-33-23/h3-8,17H,1-2,9-16,18-19H2,(H,28,30). The predicted molar refractivity (Wildman–Crippen MR) is 130 cm³/mol. The summed E-state index contributed by atoms with van der Waals surface area (Å²) in [6, 6.07) is 13.4. The van der Waals surface area contributed by atoms with Crippen molar-refractivity contribution in [2.24, 2.45) is 0 Å².